The molecule has 1 amide bonds. The van der Waals surface area contributed by atoms with Crippen molar-refractivity contribution in [3.05, 3.63) is 106 Å². The summed E-state index contributed by atoms with van der Waals surface area (Å²) in [5.74, 6) is 2.34. The number of anilines is 1. The second kappa shape index (κ2) is 11.0. The number of halogens is 1. The number of amides is 1. The molecule has 0 radical (unpaired) electrons. The molecule has 0 bridgehead atoms. The molecule has 1 aliphatic rings. The van der Waals surface area contributed by atoms with Crippen LogP contribution in [0.1, 0.15) is 27.2 Å². The summed E-state index contributed by atoms with van der Waals surface area (Å²) in [5.41, 5.74) is 4.82. The van der Waals surface area contributed by atoms with E-state index in [-0.39, 0.29) is 5.91 Å². The summed E-state index contributed by atoms with van der Waals surface area (Å²) in [7, 11) is 1.61. The Morgan fingerprint density at radius 2 is 1.65 bits per heavy atom. The van der Waals surface area contributed by atoms with Crippen molar-refractivity contribution < 1.29 is 9.53 Å². The van der Waals surface area contributed by atoms with E-state index in [9.17, 15) is 4.79 Å². The molecule has 4 aromatic rings. The SMILES string of the molecule is COc1cccc(C(=O)N2CCN(c3nc(-c4ccccc4)nc(C)c3Cc3ccc(Cl)cc3)CC2)c1. The van der Waals surface area contributed by atoms with Crippen LogP contribution in [0.4, 0.5) is 5.82 Å². The zero-order valence-corrected chi connectivity index (χ0v) is 21.8. The smallest absolute Gasteiger partial charge is 0.254 e. The zero-order chi connectivity index (χ0) is 25.8. The van der Waals surface area contributed by atoms with Gasteiger partial charge in [0.1, 0.15) is 11.6 Å². The van der Waals surface area contributed by atoms with Crippen LogP contribution in [0.15, 0.2) is 78.9 Å². The average Bonchev–Trinajstić information content (AvgIpc) is 2.95. The number of carbonyl (C=O) groups is 1. The van der Waals surface area contributed by atoms with Crippen LogP contribution >= 0.6 is 11.6 Å². The van der Waals surface area contributed by atoms with Crippen molar-refractivity contribution in [2.24, 2.45) is 0 Å². The minimum atomic E-state index is 0.0174. The quantitative estimate of drug-likeness (QED) is 0.333. The van der Waals surface area contributed by atoms with Crippen molar-refractivity contribution in [1.82, 2.24) is 14.9 Å². The number of carbonyl (C=O) groups excluding carboxylic acids is 1. The zero-order valence-electron chi connectivity index (χ0n) is 21.0. The fraction of sp³-hybridized carbons (Fsp3) is 0.233. The number of hydrogen-bond acceptors (Lipinski definition) is 5. The number of nitrogens with zero attached hydrogens (tertiary/aromatic N) is 4. The monoisotopic (exact) mass is 512 g/mol. The summed E-state index contributed by atoms with van der Waals surface area (Å²) in [6.45, 7) is 4.65. The molecule has 1 aliphatic heterocycles. The van der Waals surface area contributed by atoms with Gasteiger partial charge in [-0.2, -0.15) is 0 Å². The first-order chi connectivity index (χ1) is 18.0. The van der Waals surface area contributed by atoms with Crippen LogP contribution in [0.3, 0.4) is 0 Å². The average molecular weight is 513 g/mol. The Kier molecular flexibility index (Phi) is 7.37. The van der Waals surface area contributed by atoms with E-state index < -0.39 is 0 Å². The number of hydrogen-bond donors (Lipinski definition) is 0. The maximum absolute atomic E-state index is 13.2. The van der Waals surface area contributed by atoms with Crippen molar-refractivity contribution in [2.45, 2.75) is 13.3 Å². The number of aryl methyl sites for hydroxylation is 1. The first-order valence-corrected chi connectivity index (χ1v) is 12.8. The molecular weight excluding hydrogens is 484 g/mol. The molecule has 1 fully saturated rings. The van der Waals surface area contributed by atoms with Gasteiger partial charge in [-0.05, 0) is 42.8 Å². The van der Waals surface area contributed by atoms with Crippen LogP contribution in [0.2, 0.25) is 5.02 Å². The lowest BCUT2D eigenvalue weighted by molar-refractivity contribution is 0.0746. The van der Waals surface area contributed by atoms with Gasteiger partial charge in [-0.15, -0.1) is 0 Å². The lowest BCUT2D eigenvalue weighted by atomic mass is 10.0. The van der Waals surface area contributed by atoms with Gasteiger partial charge in [0.25, 0.3) is 5.91 Å². The number of rotatable bonds is 6. The Morgan fingerprint density at radius 3 is 2.35 bits per heavy atom. The fourth-order valence-corrected chi connectivity index (χ4v) is 4.76. The van der Waals surface area contributed by atoms with Crippen molar-refractivity contribution >= 4 is 23.3 Å². The molecule has 0 N–H and O–H groups in total. The van der Waals surface area contributed by atoms with Crippen LogP contribution in [-0.4, -0.2) is 54.1 Å². The van der Waals surface area contributed by atoms with Gasteiger partial charge in [-0.3, -0.25) is 4.79 Å². The van der Waals surface area contributed by atoms with E-state index in [4.69, 9.17) is 26.3 Å². The number of benzene rings is 3. The number of methoxy groups -OCH3 is 1. The van der Waals surface area contributed by atoms with Crippen molar-refractivity contribution in [2.75, 3.05) is 38.2 Å². The number of ether oxygens (including phenoxy) is 1. The minimum Gasteiger partial charge on any atom is -0.497 e. The molecule has 0 aliphatic carbocycles. The van der Waals surface area contributed by atoms with Gasteiger partial charge in [0.2, 0.25) is 0 Å². The predicted molar refractivity (Wildman–Crippen MR) is 148 cm³/mol. The van der Waals surface area contributed by atoms with Crippen LogP contribution in [0, 0.1) is 6.92 Å². The van der Waals surface area contributed by atoms with Gasteiger partial charge in [0.15, 0.2) is 5.82 Å². The van der Waals surface area contributed by atoms with Crippen molar-refractivity contribution in [3.8, 4) is 17.1 Å². The first kappa shape index (κ1) is 24.8. The molecule has 0 atom stereocenters. The molecule has 3 aromatic carbocycles. The van der Waals surface area contributed by atoms with E-state index in [1.54, 1.807) is 13.2 Å². The topological polar surface area (TPSA) is 58.6 Å². The minimum absolute atomic E-state index is 0.0174. The largest absolute Gasteiger partial charge is 0.497 e. The van der Waals surface area contributed by atoms with Gasteiger partial charge in [0, 0.05) is 60.0 Å². The molecule has 0 spiro atoms. The molecule has 37 heavy (non-hydrogen) atoms. The summed E-state index contributed by atoms with van der Waals surface area (Å²) in [6, 6.07) is 25.3. The molecular formula is C30H29ClN4O2. The second-order valence-corrected chi connectivity index (χ2v) is 9.55. The highest BCUT2D eigenvalue weighted by atomic mass is 35.5. The molecule has 1 saturated heterocycles. The van der Waals surface area contributed by atoms with E-state index in [2.05, 4.69) is 4.90 Å². The molecule has 5 rings (SSSR count). The van der Waals surface area contributed by atoms with E-state index in [1.807, 2.05) is 84.6 Å². The molecule has 0 unspecified atom stereocenters. The molecule has 2 heterocycles. The molecule has 7 heteroatoms. The molecule has 1 aromatic heterocycles. The third-order valence-corrected chi connectivity index (χ3v) is 6.95. The molecule has 6 nitrogen and oxygen atoms in total. The lowest BCUT2D eigenvalue weighted by Gasteiger charge is -2.36. The summed E-state index contributed by atoms with van der Waals surface area (Å²) < 4.78 is 5.29. The van der Waals surface area contributed by atoms with E-state index in [1.165, 1.54) is 0 Å². The van der Waals surface area contributed by atoms with Gasteiger partial charge in [-0.1, -0.05) is 60.1 Å². The Balaban J connectivity index is 1.42. The van der Waals surface area contributed by atoms with Crippen LogP contribution in [0.25, 0.3) is 11.4 Å². The predicted octanol–water partition coefficient (Wildman–Crippen LogP) is 5.67. The normalized spacial score (nSPS) is 13.5. The highest BCUT2D eigenvalue weighted by Gasteiger charge is 2.26. The maximum Gasteiger partial charge on any atom is 0.254 e. The van der Waals surface area contributed by atoms with E-state index in [0.717, 1.165) is 28.2 Å². The van der Waals surface area contributed by atoms with Gasteiger partial charge < -0.3 is 14.5 Å². The van der Waals surface area contributed by atoms with Gasteiger partial charge >= 0.3 is 0 Å². The van der Waals surface area contributed by atoms with Crippen LogP contribution in [0.5, 0.6) is 5.75 Å². The number of aromatic nitrogens is 2. The standard InChI is InChI=1S/C30H29ClN4O2/c1-21-27(19-22-11-13-25(31)14-12-22)29(33-28(32-21)23-7-4-3-5-8-23)34-15-17-35(18-16-34)30(36)24-9-6-10-26(20-24)37-2/h3-14,20H,15-19H2,1-2H3. The van der Waals surface area contributed by atoms with Gasteiger partial charge in [0.05, 0.1) is 7.11 Å². The Bertz CT molecular complexity index is 1380. The lowest BCUT2D eigenvalue weighted by Crippen LogP contribution is -2.49. The fourth-order valence-electron chi connectivity index (χ4n) is 4.63. The van der Waals surface area contributed by atoms with Crippen LogP contribution in [-0.2, 0) is 6.42 Å². The summed E-state index contributed by atoms with van der Waals surface area (Å²) in [4.78, 5) is 27.3. The maximum atomic E-state index is 13.2. The second-order valence-electron chi connectivity index (χ2n) is 9.12. The van der Waals surface area contributed by atoms with Crippen molar-refractivity contribution in [1.29, 1.82) is 0 Å². The summed E-state index contributed by atoms with van der Waals surface area (Å²) >= 11 is 6.12. The summed E-state index contributed by atoms with van der Waals surface area (Å²) in [6.07, 6.45) is 0.705. The van der Waals surface area contributed by atoms with E-state index in [0.29, 0.717) is 54.8 Å². The first-order valence-electron chi connectivity index (χ1n) is 12.4. The van der Waals surface area contributed by atoms with Gasteiger partial charge in [-0.25, -0.2) is 9.97 Å². The Labute approximate surface area is 222 Å². The third-order valence-electron chi connectivity index (χ3n) is 6.70. The third kappa shape index (κ3) is 5.59. The highest BCUT2D eigenvalue weighted by molar-refractivity contribution is 6.30. The van der Waals surface area contributed by atoms with Crippen LogP contribution < -0.4 is 9.64 Å². The molecule has 188 valence electrons. The summed E-state index contributed by atoms with van der Waals surface area (Å²) in [5, 5.41) is 0.716. The Morgan fingerprint density at radius 1 is 0.919 bits per heavy atom. The van der Waals surface area contributed by atoms with Crippen molar-refractivity contribution in [3.63, 3.8) is 0 Å². The Hall–Kier alpha value is -3.90. The van der Waals surface area contributed by atoms with E-state index >= 15 is 0 Å². The highest BCUT2D eigenvalue weighted by Crippen LogP contribution is 2.29. The number of piperazine rings is 1. The molecule has 0 saturated carbocycles.